The molecule has 0 amide bonds. The monoisotopic (exact) mass is 270 g/mol. The van der Waals surface area contributed by atoms with E-state index in [1.807, 2.05) is 36.4 Å². The Morgan fingerprint density at radius 2 is 1.50 bits per heavy atom. The third-order valence-electron chi connectivity index (χ3n) is 2.99. The Labute approximate surface area is 119 Å². The van der Waals surface area contributed by atoms with Gasteiger partial charge in [-0.05, 0) is 35.7 Å². The lowest BCUT2D eigenvalue weighted by molar-refractivity contribution is 0.0526. The Kier molecular flexibility index (Phi) is 4.91. The first kappa shape index (κ1) is 14.3. The van der Waals surface area contributed by atoms with Crippen LogP contribution in [0.1, 0.15) is 22.8 Å². The summed E-state index contributed by atoms with van der Waals surface area (Å²) < 4.78 is 10.1. The Morgan fingerprint density at radius 3 is 2.00 bits per heavy atom. The molecule has 0 fully saturated rings. The van der Waals surface area contributed by atoms with Gasteiger partial charge in [0.05, 0.1) is 18.8 Å². The smallest absolute Gasteiger partial charge is 0.338 e. The molecule has 3 heteroatoms. The van der Waals surface area contributed by atoms with Crippen molar-refractivity contribution in [2.75, 3.05) is 13.7 Å². The number of methoxy groups -OCH3 is 1. The van der Waals surface area contributed by atoms with Crippen LogP contribution < -0.4 is 0 Å². The van der Waals surface area contributed by atoms with Gasteiger partial charge < -0.3 is 9.47 Å². The van der Waals surface area contributed by atoms with Crippen LogP contribution in [-0.4, -0.2) is 19.7 Å². The van der Waals surface area contributed by atoms with E-state index >= 15 is 0 Å². The van der Waals surface area contributed by atoms with E-state index in [9.17, 15) is 4.79 Å². The van der Waals surface area contributed by atoms with Crippen LogP contribution in [0.5, 0.6) is 0 Å². The van der Waals surface area contributed by atoms with Crippen molar-refractivity contribution in [2.45, 2.75) is 13.5 Å². The van der Waals surface area contributed by atoms with Gasteiger partial charge in [-0.1, -0.05) is 36.4 Å². The van der Waals surface area contributed by atoms with Crippen LogP contribution in [0.3, 0.4) is 0 Å². The van der Waals surface area contributed by atoms with Crippen molar-refractivity contribution in [3.05, 3.63) is 59.7 Å². The highest BCUT2D eigenvalue weighted by atomic mass is 16.5. The van der Waals surface area contributed by atoms with Crippen molar-refractivity contribution in [3.63, 3.8) is 0 Å². The van der Waals surface area contributed by atoms with Crippen molar-refractivity contribution >= 4 is 5.97 Å². The Bertz CT molecular complexity index is 556. The van der Waals surface area contributed by atoms with Gasteiger partial charge in [-0.3, -0.25) is 0 Å². The number of carbonyl (C=O) groups is 1. The third-order valence-corrected chi connectivity index (χ3v) is 2.99. The number of hydrogen-bond donors (Lipinski definition) is 0. The van der Waals surface area contributed by atoms with Crippen LogP contribution in [0.25, 0.3) is 11.1 Å². The summed E-state index contributed by atoms with van der Waals surface area (Å²) in [6.07, 6.45) is 0. The van der Waals surface area contributed by atoms with Crippen molar-refractivity contribution < 1.29 is 14.3 Å². The zero-order chi connectivity index (χ0) is 14.4. The highest BCUT2D eigenvalue weighted by Gasteiger charge is 2.06. The quantitative estimate of drug-likeness (QED) is 0.777. The standard InChI is InChI=1S/C17H18O3/c1-3-20-17(18)16-10-8-15(9-11-16)14-6-4-13(5-7-14)12-19-2/h4-11H,3,12H2,1-2H3. The molecule has 0 aliphatic heterocycles. The minimum atomic E-state index is -0.283. The number of ether oxygens (including phenoxy) is 2. The molecule has 2 aromatic rings. The summed E-state index contributed by atoms with van der Waals surface area (Å²) >= 11 is 0. The summed E-state index contributed by atoms with van der Waals surface area (Å²) in [5.41, 5.74) is 3.90. The van der Waals surface area contributed by atoms with E-state index in [0.29, 0.717) is 18.8 Å². The average molecular weight is 270 g/mol. The van der Waals surface area contributed by atoms with Gasteiger partial charge in [-0.25, -0.2) is 4.79 Å². The summed E-state index contributed by atoms with van der Waals surface area (Å²) in [6, 6.07) is 15.6. The molecule has 2 aromatic carbocycles. The Morgan fingerprint density at radius 1 is 0.950 bits per heavy atom. The van der Waals surface area contributed by atoms with Crippen molar-refractivity contribution in [1.82, 2.24) is 0 Å². The second kappa shape index (κ2) is 6.87. The maximum absolute atomic E-state index is 11.6. The van der Waals surface area contributed by atoms with Gasteiger partial charge >= 0.3 is 5.97 Å². The fourth-order valence-electron chi connectivity index (χ4n) is 1.97. The predicted molar refractivity (Wildman–Crippen MR) is 78.5 cm³/mol. The van der Waals surface area contributed by atoms with Gasteiger partial charge in [0.15, 0.2) is 0 Å². The molecule has 0 atom stereocenters. The number of rotatable bonds is 5. The van der Waals surface area contributed by atoms with Crippen LogP contribution in [0.2, 0.25) is 0 Å². The van der Waals surface area contributed by atoms with Crippen LogP contribution >= 0.6 is 0 Å². The molecule has 0 aromatic heterocycles. The summed E-state index contributed by atoms with van der Waals surface area (Å²) in [7, 11) is 1.68. The molecule has 0 saturated heterocycles. The minimum absolute atomic E-state index is 0.283. The molecule has 3 nitrogen and oxygen atoms in total. The molecule has 0 heterocycles. The lowest BCUT2D eigenvalue weighted by Gasteiger charge is -2.06. The lowest BCUT2D eigenvalue weighted by atomic mass is 10.0. The van der Waals surface area contributed by atoms with E-state index in [4.69, 9.17) is 9.47 Å². The molecule has 0 aliphatic carbocycles. The second-order valence-corrected chi connectivity index (χ2v) is 4.43. The van der Waals surface area contributed by atoms with Crippen LogP contribution in [0.4, 0.5) is 0 Å². The number of benzene rings is 2. The molecule has 0 unspecified atom stereocenters. The van der Waals surface area contributed by atoms with Gasteiger partial charge in [0.2, 0.25) is 0 Å². The second-order valence-electron chi connectivity index (χ2n) is 4.43. The predicted octanol–water partition coefficient (Wildman–Crippen LogP) is 3.68. The highest BCUT2D eigenvalue weighted by molar-refractivity contribution is 5.90. The summed E-state index contributed by atoms with van der Waals surface area (Å²) in [4.78, 5) is 11.6. The molecule has 0 saturated carbocycles. The maximum Gasteiger partial charge on any atom is 0.338 e. The first-order chi connectivity index (χ1) is 9.74. The van der Waals surface area contributed by atoms with Crippen molar-refractivity contribution in [2.24, 2.45) is 0 Å². The SMILES string of the molecule is CCOC(=O)c1ccc(-c2ccc(COC)cc2)cc1. The van der Waals surface area contributed by atoms with E-state index in [-0.39, 0.29) is 5.97 Å². The average Bonchev–Trinajstić information content (AvgIpc) is 2.49. The Hall–Kier alpha value is -2.13. The van der Waals surface area contributed by atoms with E-state index in [1.165, 1.54) is 0 Å². The largest absolute Gasteiger partial charge is 0.462 e. The van der Waals surface area contributed by atoms with Crippen LogP contribution in [0.15, 0.2) is 48.5 Å². The summed E-state index contributed by atoms with van der Waals surface area (Å²) in [5.74, 6) is -0.283. The van der Waals surface area contributed by atoms with Crippen LogP contribution in [0, 0.1) is 0 Å². The third kappa shape index (κ3) is 3.45. The zero-order valence-corrected chi connectivity index (χ0v) is 11.8. The topological polar surface area (TPSA) is 35.5 Å². The number of hydrogen-bond acceptors (Lipinski definition) is 3. The molecule has 0 aliphatic rings. The van der Waals surface area contributed by atoms with Gasteiger partial charge in [-0.2, -0.15) is 0 Å². The molecule has 104 valence electrons. The molecule has 0 spiro atoms. The summed E-state index contributed by atoms with van der Waals surface area (Å²) in [5, 5.41) is 0. The van der Waals surface area contributed by atoms with Gasteiger partial charge in [0.25, 0.3) is 0 Å². The van der Waals surface area contributed by atoms with Crippen molar-refractivity contribution in [3.8, 4) is 11.1 Å². The molecule has 2 rings (SSSR count). The first-order valence-electron chi connectivity index (χ1n) is 6.60. The number of esters is 1. The van der Waals surface area contributed by atoms with Crippen LogP contribution in [-0.2, 0) is 16.1 Å². The molecular formula is C17H18O3. The van der Waals surface area contributed by atoms with Gasteiger partial charge in [0.1, 0.15) is 0 Å². The fourth-order valence-corrected chi connectivity index (χ4v) is 1.97. The molecule has 0 bridgehead atoms. The van der Waals surface area contributed by atoms with Crippen molar-refractivity contribution in [1.29, 1.82) is 0 Å². The minimum Gasteiger partial charge on any atom is -0.462 e. The van der Waals surface area contributed by atoms with E-state index < -0.39 is 0 Å². The normalized spacial score (nSPS) is 10.3. The molecule has 0 N–H and O–H groups in total. The molecular weight excluding hydrogens is 252 g/mol. The highest BCUT2D eigenvalue weighted by Crippen LogP contribution is 2.21. The van der Waals surface area contributed by atoms with E-state index in [2.05, 4.69) is 0 Å². The van der Waals surface area contributed by atoms with Gasteiger partial charge in [-0.15, -0.1) is 0 Å². The Balaban J connectivity index is 2.15. The molecule has 0 radical (unpaired) electrons. The lowest BCUT2D eigenvalue weighted by Crippen LogP contribution is -2.03. The van der Waals surface area contributed by atoms with E-state index in [0.717, 1.165) is 16.7 Å². The fraction of sp³-hybridized carbons (Fsp3) is 0.235. The zero-order valence-electron chi connectivity index (χ0n) is 11.8. The summed E-state index contributed by atoms with van der Waals surface area (Å²) in [6.45, 7) is 2.80. The molecule has 20 heavy (non-hydrogen) atoms. The number of carbonyl (C=O) groups excluding carboxylic acids is 1. The first-order valence-corrected chi connectivity index (χ1v) is 6.60. The maximum atomic E-state index is 11.6. The van der Waals surface area contributed by atoms with E-state index in [1.54, 1.807) is 26.2 Å². The van der Waals surface area contributed by atoms with Gasteiger partial charge in [0, 0.05) is 7.11 Å².